The molecule has 4 N–H and O–H groups in total. The van der Waals surface area contributed by atoms with Crippen molar-refractivity contribution in [3.63, 3.8) is 0 Å². The molecular weight excluding hydrogens is 212 g/mol. The SMILES string of the molecule is CC(C)[C@@H](N)C(=O)NC1COCC1C(=O)O. The van der Waals surface area contributed by atoms with E-state index in [0.717, 1.165) is 0 Å². The second-order valence-electron chi connectivity index (χ2n) is 4.37. The molecule has 0 bridgehead atoms. The zero-order valence-electron chi connectivity index (χ0n) is 9.47. The minimum Gasteiger partial charge on any atom is -0.481 e. The molecule has 1 amide bonds. The van der Waals surface area contributed by atoms with Gasteiger partial charge in [-0.3, -0.25) is 9.59 Å². The molecule has 92 valence electrons. The van der Waals surface area contributed by atoms with Gasteiger partial charge in [0, 0.05) is 0 Å². The molecule has 0 saturated carbocycles. The fourth-order valence-corrected chi connectivity index (χ4v) is 1.52. The van der Waals surface area contributed by atoms with Gasteiger partial charge in [-0.15, -0.1) is 0 Å². The summed E-state index contributed by atoms with van der Waals surface area (Å²) in [4.78, 5) is 22.5. The number of carbonyl (C=O) groups excluding carboxylic acids is 1. The molecule has 0 radical (unpaired) electrons. The Morgan fingerprint density at radius 2 is 2.06 bits per heavy atom. The first kappa shape index (κ1) is 12.9. The van der Waals surface area contributed by atoms with Crippen LogP contribution in [0.3, 0.4) is 0 Å². The summed E-state index contributed by atoms with van der Waals surface area (Å²) in [6.07, 6.45) is 0. The lowest BCUT2D eigenvalue weighted by Gasteiger charge is -2.20. The van der Waals surface area contributed by atoms with Crippen molar-refractivity contribution in [3.8, 4) is 0 Å². The van der Waals surface area contributed by atoms with Gasteiger partial charge in [-0.25, -0.2) is 0 Å². The third kappa shape index (κ3) is 2.93. The smallest absolute Gasteiger partial charge is 0.311 e. The fourth-order valence-electron chi connectivity index (χ4n) is 1.52. The highest BCUT2D eigenvalue weighted by Crippen LogP contribution is 2.14. The molecule has 0 spiro atoms. The molecule has 6 heteroatoms. The molecule has 1 rings (SSSR count). The predicted octanol–water partition coefficient (Wildman–Crippen LogP) is -0.814. The van der Waals surface area contributed by atoms with Crippen molar-refractivity contribution in [3.05, 3.63) is 0 Å². The number of carbonyl (C=O) groups is 2. The van der Waals surface area contributed by atoms with Crippen LogP contribution in [0.4, 0.5) is 0 Å². The Kier molecular flexibility index (Phi) is 4.26. The van der Waals surface area contributed by atoms with Crippen molar-refractivity contribution in [2.24, 2.45) is 17.6 Å². The molecule has 1 fully saturated rings. The Morgan fingerprint density at radius 3 is 2.56 bits per heavy atom. The summed E-state index contributed by atoms with van der Waals surface area (Å²) in [5, 5.41) is 11.5. The predicted molar refractivity (Wildman–Crippen MR) is 56.7 cm³/mol. The monoisotopic (exact) mass is 230 g/mol. The molecule has 3 atom stereocenters. The van der Waals surface area contributed by atoms with Crippen molar-refractivity contribution in [1.82, 2.24) is 5.32 Å². The van der Waals surface area contributed by atoms with Gasteiger partial charge < -0.3 is 20.9 Å². The van der Waals surface area contributed by atoms with E-state index < -0.39 is 24.0 Å². The van der Waals surface area contributed by atoms with Crippen LogP contribution in [0.2, 0.25) is 0 Å². The van der Waals surface area contributed by atoms with Crippen LogP contribution in [0.1, 0.15) is 13.8 Å². The first-order valence-corrected chi connectivity index (χ1v) is 5.30. The van der Waals surface area contributed by atoms with Gasteiger partial charge in [-0.2, -0.15) is 0 Å². The maximum atomic E-state index is 11.6. The number of hydrogen-bond donors (Lipinski definition) is 3. The Balaban J connectivity index is 2.53. The van der Waals surface area contributed by atoms with Gasteiger partial charge in [0.05, 0.1) is 25.3 Å². The molecule has 0 aromatic carbocycles. The average Bonchev–Trinajstić information content (AvgIpc) is 2.64. The van der Waals surface area contributed by atoms with Crippen LogP contribution in [0.5, 0.6) is 0 Å². The molecular formula is C10H18N2O4. The van der Waals surface area contributed by atoms with Crippen LogP contribution in [-0.2, 0) is 14.3 Å². The number of aliphatic carboxylic acids is 1. The lowest BCUT2D eigenvalue weighted by molar-refractivity contribution is -0.142. The van der Waals surface area contributed by atoms with E-state index in [9.17, 15) is 9.59 Å². The van der Waals surface area contributed by atoms with Crippen molar-refractivity contribution < 1.29 is 19.4 Å². The highest BCUT2D eigenvalue weighted by molar-refractivity contribution is 5.83. The summed E-state index contributed by atoms with van der Waals surface area (Å²) >= 11 is 0. The summed E-state index contributed by atoms with van der Waals surface area (Å²) in [5.41, 5.74) is 5.66. The molecule has 0 aromatic rings. The second kappa shape index (κ2) is 5.27. The summed E-state index contributed by atoms with van der Waals surface area (Å²) < 4.78 is 5.04. The van der Waals surface area contributed by atoms with Crippen LogP contribution in [0.15, 0.2) is 0 Å². The molecule has 0 aliphatic carbocycles. The van der Waals surface area contributed by atoms with E-state index in [1.54, 1.807) is 0 Å². The maximum Gasteiger partial charge on any atom is 0.311 e. The molecule has 0 aromatic heterocycles. The van der Waals surface area contributed by atoms with Gasteiger partial charge in [0.2, 0.25) is 5.91 Å². The zero-order valence-corrected chi connectivity index (χ0v) is 9.47. The minimum absolute atomic E-state index is 0.0191. The van der Waals surface area contributed by atoms with E-state index in [-0.39, 0.29) is 25.0 Å². The number of amides is 1. The number of rotatable bonds is 4. The molecule has 1 saturated heterocycles. The van der Waals surface area contributed by atoms with Gasteiger partial charge >= 0.3 is 5.97 Å². The molecule has 1 aliphatic rings. The average molecular weight is 230 g/mol. The van der Waals surface area contributed by atoms with E-state index >= 15 is 0 Å². The van der Waals surface area contributed by atoms with Gasteiger partial charge in [0.25, 0.3) is 0 Å². The highest BCUT2D eigenvalue weighted by atomic mass is 16.5. The second-order valence-corrected chi connectivity index (χ2v) is 4.37. The van der Waals surface area contributed by atoms with Gasteiger partial charge in [0.15, 0.2) is 0 Å². The Hall–Kier alpha value is -1.14. The highest BCUT2D eigenvalue weighted by Gasteiger charge is 2.36. The van der Waals surface area contributed by atoms with Crippen LogP contribution in [0.25, 0.3) is 0 Å². The standard InChI is InChI=1S/C10H18N2O4/c1-5(2)8(11)9(13)12-7-4-16-3-6(7)10(14)15/h5-8H,3-4,11H2,1-2H3,(H,12,13)(H,14,15)/t6?,7?,8-/m1/s1. The van der Waals surface area contributed by atoms with Crippen molar-refractivity contribution in [2.45, 2.75) is 25.9 Å². The van der Waals surface area contributed by atoms with E-state index in [1.165, 1.54) is 0 Å². The summed E-state index contributed by atoms with van der Waals surface area (Å²) in [5.74, 6) is -1.94. The van der Waals surface area contributed by atoms with Gasteiger partial charge in [0.1, 0.15) is 5.92 Å². The van der Waals surface area contributed by atoms with Crippen molar-refractivity contribution in [2.75, 3.05) is 13.2 Å². The Bertz CT molecular complexity index is 280. The van der Waals surface area contributed by atoms with E-state index in [1.807, 2.05) is 13.8 Å². The van der Waals surface area contributed by atoms with Crippen molar-refractivity contribution in [1.29, 1.82) is 0 Å². The van der Waals surface area contributed by atoms with Crippen molar-refractivity contribution >= 4 is 11.9 Å². The molecule has 1 heterocycles. The van der Waals surface area contributed by atoms with Crippen LogP contribution in [-0.4, -0.2) is 42.3 Å². The zero-order chi connectivity index (χ0) is 12.3. The quantitative estimate of drug-likeness (QED) is 0.586. The number of ether oxygens (including phenoxy) is 1. The summed E-state index contributed by atoms with van der Waals surface area (Å²) in [7, 11) is 0. The maximum absolute atomic E-state index is 11.6. The van der Waals surface area contributed by atoms with Crippen LogP contribution in [0, 0.1) is 11.8 Å². The summed E-state index contributed by atoms with van der Waals surface area (Å²) in [6, 6.07) is -1.09. The molecule has 16 heavy (non-hydrogen) atoms. The number of carboxylic acid groups (broad SMARTS) is 1. The molecule has 2 unspecified atom stereocenters. The third-order valence-corrected chi connectivity index (χ3v) is 2.75. The number of nitrogens with two attached hydrogens (primary N) is 1. The number of nitrogens with one attached hydrogen (secondary N) is 1. The third-order valence-electron chi connectivity index (χ3n) is 2.75. The topological polar surface area (TPSA) is 102 Å². The van der Waals surface area contributed by atoms with Gasteiger partial charge in [-0.05, 0) is 5.92 Å². The van der Waals surface area contributed by atoms with Crippen LogP contribution < -0.4 is 11.1 Å². The van der Waals surface area contributed by atoms with Crippen LogP contribution >= 0.6 is 0 Å². The fraction of sp³-hybridized carbons (Fsp3) is 0.800. The largest absolute Gasteiger partial charge is 0.481 e. The Labute approximate surface area is 94.1 Å². The number of carboxylic acids is 1. The molecule has 1 aliphatic heterocycles. The lowest BCUT2D eigenvalue weighted by atomic mass is 10.0. The number of hydrogen-bond acceptors (Lipinski definition) is 4. The minimum atomic E-state index is -0.957. The van der Waals surface area contributed by atoms with E-state index in [0.29, 0.717) is 0 Å². The van der Waals surface area contributed by atoms with E-state index in [4.69, 9.17) is 15.6 Å². The molecule has 6 nitrogen and oxygen atoms in total. The lowest BCUT2D eigenvalue weighted by Crippen LogP contribution is -2.51. The first-order chi connectivity index (χ1) is 7.43. The first-order valence-electron chi connectivity index (χ1n) is 5.30. The van der Waals surface area contributed by atoms with Gasteiger partial charge in [-0.1, -0.05) is 13.8 Å². The van der Waals surface area contributed by atoms with E-state index in [2.05, 4.69) is 5.32 Å². The normalized spacial score (nSPS) is 26.8. The Morgan fingerprint density at radius 1 is 1.44 bits per heavy atom. The summed E-state index contributed by atoms with van der Waals surface area (Å²) in [6.45, 7) is 4.04.